The monoisotopic (exact) mass is 344 g/mol. The minimum atomic E-state index is -3.69. The molecule has 0 saturated heterocycles. The Labute approximate surface area is 120 Å². The summed E-state index contributed by atoms with van der Waals surface area (Å²) in [7, 11) is -2.00. The van der Waals surface area contributed by atoms with Gasteiger partial charge < -0.3 is 0 Å². The number of anilines is 1. The molecular weight excluding hydrogens is 332 g/mol. The Morgan fingerprint density at radius 1 is 1.37 bits per heavy atom. The van der Waals surface area contributed by atoms with E-state index in [4.69, 9.17) is 0 Å². The van der Waals surface area contributed by atoms with Gasteiger partial charge in [0.05, 0.1) is 16.4 Å². The molecule has 0 unspecified atom stereocenters. The molecule has 0 aliphatic carbocycles. The van der Waals surface area contributed by atoms with E-state index in [1.165, 1.54) is 10.9 Å². The van der Waals surface area contributed by atoms with Gasteiger partial charge in [0.25, 0.3) is 10.0 Å². The molecule has 0 saturated carbocycles. The van der Waals surface area contributed by atoms with Crippen LogP contribution < -0.4 is 4.72 Å². The van der Waals surface area contributed by atoms with E-state index in [-0.39, 0.29) is 10.7 Å². The van der Waals surface area contributed by atoms with E-state index >= 15 is 0 Å². The first-order valence-corrected chi connectivity index (χ1v) is 7.73. The lowest BCUT2D eigenvalue weighted by molar-refractivity contribution is 0.600. The Morgan fingerprint density at radius 3 is 2.63 bits per heavy atom. The molecule has 2 aromatic rings. The van der Waals surface area contributed by atoms with Crippen molar-refractivity contribution < 1.29 is 8.42 Å². The Morgan fingerprint density at radius 2 is 2.05 bits per heavy atom. The Balaban J connectivity index is 2.42. The van der Waals surface area contributed by atoms with Crippen LogP contribution >= 0.6 is 15.9 Å². The summed E-state index contributed by atoms with van der Waals surface area (Å²) in [5, 5.41) is 3.93. The predicted octanol–water partition coefficient (Wildman–Crippen LogP) is 2.00. The van der Waals surface area contributed by atoms with Gasteiger partial charge >= 0.3 is 0 Å². The molecule has 8 heteroatoms. The topological polar surface area (TPSA) is 76.9 Å². The molecule has 0 radical (unpaired) electrons. The van der Waals surface area contributed by atoms with E-state index in [1.807, 2.05) is 6.92 Å². The van der Waals surface area contributed by atoms with Gasteiger partial charge in [-0.25, -0.2) is 13.4 Å². The number of sulfonamides is 1. The highest BCUT2D eigenvalue weighted by Gasteiger charge is 2.21. The van der Waals surface area contributed by atoms with Crippen molar-refractivity contribution in [2.75, 3.05) is 4.72 Å². The summed E-state index contributed by atoms with van der Waals surface area (Å²) in [6.45, 7) is 3.55. The highest BCUT2D eigenvalue weighted by Crippen LogP contribution is 2.26. The third kappa shape index (κ3) is 2.64. The third-order valence-electron chi connectivity index (χ3n) is 2.79. The van der Waals surface area contributed by atoms with Gasteiger partial charge in [-0.3, -0.25) is 9.40 Å². The van der Waals surface area contributed by atoms with E-state index < -0.39 is 10.0 Å². The first-order chi connectivity index (χ1) is 8.83. The van der Waals surface area contributed by atoms with Gasteiger partial charge in [0, 0.05) is 13.2 Å². The molecule has 6 nitrogen and oxygen atoms in total. The minimum Gasteiger partial charge on any atom is -0.272 e. The molecule has 0 aliphatic rings. The number of nitrogens with zero attached hydrogens (tertiary/aromatic N) is 3. The molecule has 2 aromatic heterocycles. The van der Waals surface area contributed by atoms with Crippen molar-refractivity contribution in [2.45, 2.75) is 18.7 Å². The van der Waals surface area contributed by atoms with Crippen molar-refractivity contribution in [3.8, 4) is 0 Å². The number of hydrogen-bond acceptors (Lipinski definition) is 4. The van der Waals surface area contributed by atoms with Gasteiger partial charge in [0.15, 0.2) is 5.82 Å². The second-order valence-electron chi connectivity index (χ2n) is 4.11. The fourth-order valence-electron chi connectivity index (χ4n) is 1.54. The maximum Gasteiger partial charge on any atom is 0.266 e. The van der Waals surface area contributed by atoms with Crippen LogP contribution in [0.15, 0.2) is 27.8 Å². The highest BCUT2D eigenvalue weighted by atomic mass is 79.9. The average molecular weight is 345 g/mol. The summed E-state index contributed by atoms with van der Waals surface area (Å²) < 4.78 is 29.1. The maximum absolute atomic E-state index is 12.3. The summed E-state index contributed by atoms with van der Waals surface area (Å²) in [6, 6.07) is 1.79. The van der Waals surface area contributed by atoms with Crippen LogP contribution in [0, 0.1) is 13.8 Å². The smallest absolute Gasteiger partial charge is 0.266 e. The number of hydrogen-bond donors (Lipinski definition) is 1. The molecule has 1 N–H and O–H groups in total. The maximum atomic E-state index is 12.3. The third-order valence-corrected chi connectivity index (χ3v) is 5.24. The molecule has 0 aromatic carbocycles. The molecule has 0 bridgehead atoms. The summed E-state index contributed by atoms with van der Waals surface area (Å²) in [5.41, 5.74) is 1.46. The largest absolute Gasteiger partial charge is 0.272 e. The van der Waals surface area contributed by atoms with Crippen molar-refractivity contribution >= 4 is 31.8 Å². The van der Waals surface area contributed by atoms with Gasteiger partial charge in [0.1, 0.15) is 4.90 Å². The molecule has 0 amide bonds. The number of rotatable bonds is 3. The van der Waals surface area contributed by atoms with Crippen LogP contribution in [-0.4, -0.2) is 23.2 Å². The number of nitrogens with one attached hydrogen (secondary N) is 1. The quantitative estimate of drug-likeness (QED) is 0.923. The van der Waals surface area contributed by atoms with Crippen molar-refractivity contribution in [2.24, 2.45) is 7.05 Å². The number of halogens is 1. The zero-order valence-corrected chi connectivity index (χ0v) is 13.1. The van der Waals surface area contributed by atoms with Crippen LogP contribution in [0.2, 0.25) is 0 Å². The van der Waals surface area contributed by atoms with E-state index in [9.17, 15) is 8.42 Å². The lowest BCUT2D eigenvalue weighted by Gasteiger charge is -2.09. The first-order valence-electron chi connectivity index (χ1n) is 5.45. The van der Waals surface area contributed by atoms with Crippen molar-refractivity contribution in [3.05, 3.63) is 34.2 Å². The zero-order valence-electron chi connectivity index (χ0n) is 10.7. The highest BCUT2D eigenvalue weighted by molar-refractivity contribution is 9.10. The van der Waals surface area contributed by atoms with Gasteiger partial charge in [-0.1, -0.05) is 0 Å². The average Bonchev–Trinajstić information content (AvgIpc) is 2.66. The minimum absolute atomic E-state index is 0.144. The van der Waals surface area contributed by atoms with Crippen molar-refractivity contribution in [1.82, 2.24) is 14.8 Å². The van der Waals surface area contributed by atoms with Crippen LogP contribution in [0.4, 0.5) is 5.82 Å². The molecule has 19 heavy (non-hydrogen) atoms. The fraction of sp³-hybridized carbons (Fsp3) is 0.273. The Hall–Kier alpha value is -1.41. The van der Waals surface area contributed by atoms with Gasteiger partial charge in [-0.05, 0) is 41.4 Å². The summed E-state index contributed by atoms with van der Waals surface area (Å²) in [4.78, 5) is 4.17. The van der Waals surface area contributed by atoms with Gasteiger partial charge in [-0.15, -0.1) is 0 Å². The lowest BCUT2D eigenvalue weighted by atomic mass is 10.3. The molecule has 0 aliphatic heterocycles. The Bertz CT molecular complexity index is 724. The number of aromatic nitrogens is 3. The second-order valence-corrected chi connectivity index (χ2v) is 6.56. The molecule has 2 rings (SSSR count). The van der Waals surface area contributed by atoms with Crippen LogP contribution in [0.3, 0.4) is 0 Å². The van der Waals surface area contributed by atoms with Crippen LogP contribution in [-0.2, 0) is 17.1 Å². The zero-order chi connectivity index (χ0) is 14.2. The number of aryl methyl sites for hydroxylation is 2. The van der Waals surface area contributed by atoms with Crippen LogP contribution in [0.1, 0.15) is 11.3 Å². The normalized spacial score (nSPS) is 11.6. The van der Waals surface area contributed by atoms with Crippen LogP contribution in [0.25, 0.3) is 0 Å². The SMILES string of the molecule is Cc1ccnc(NS(=O)(=O)c2cnn(C)c2C)c1Br. The predicted molar refractivity (Wildman–Crippen MR) is 75.4 cm³/mol. The Kier molecular flexibility index (Phi) is 3.64. The van der Waals surface area contributed by atoms with E-state index in [0.717, 1.165) is 5.56 Å². The van der Waals surface area contributed by atoms with Gasteiger partial charge in [-0.2, -0.15) is 5.10 Å². The van der Waals surface area contributed by atoms with Gasteiger partial charge in [0.2, 0.25) is 0 Å². The first kappa shape index (κ1) is 14.0. The molecule has 2 heterocycles. The van der Waals surface area contributed by atoms with Crippen LogP contribution in [0.5, 0.6) is 0 Å². The standard InChI is InChI=1S/C11H13BrN4O2S/c1-7-4-5-13-11(10(7)12)15-19(17,18)9-6-14-16(3)8(9)2/h4-6H,1-3H3,(H,13,15). The molecule has 0 fully saturated rings. The lowest BCUT2D eigenvalue weighted by Crippen LogP contribution is -2.15. The molecule has 0 atom stereocenters. The molecule has 102 valence electrons. The van der Waals surface area contributed by atoms with E-state index in [0.29, 0.717) is 10.2 Å². The van der Waals surface area contributed by atoms with E-state index in [1.54, 1.807) is 26.2 Å². The fourth-order valence-corrected chi connectivity index (χ4v) is 3.23. The van der Waals surface area contributed by atoms with Crippen molar-refractivity contribution in [3.63, 3.8) is 0 Å². The number of pyridine rings is 1. The molecular formula is C11H13BrN4O2S. The van der Waals surface area contributed by atoms with E-state index in [2.05, 4.69) is 30.7 Å². The molecule has 0 spiro atoms. The summed E-state index contributed by atoms with van der Waals surface area (Å²) >= 11 is 3.32. The van der Waals surface area contributed by atoms with Crippen molar-refractivity contribution in [1.29, 1.82) is 0 Å². The summed E-state index contributed by atoms with van der Waals surface area (Å²) in [5.74, 6) is 0.267. The second kappa shape index (κ2) is 4.93. The summed E-state index contributed by atoms with van der Waals surface area (Å²) in [6.07, 6.45) is 2.87.